The van der Waals surface area contributed by atoms with Gasteiger partial charge >= 0.3 is 0 Å². The molecular weight excluding hydrogens is 387 g/mol. The molecule has 1 amide bonds. The van der Waals surface area contributed by atoms with E-state index in [0.29, 0.717) is 41.4 Å². The molecule has 2 aromatic carbocycles. The average molecular weight is 403 g/mol. The van der Waals surface area contributed by atoms with Gasteiger partial charge in [-0.1, -0.05) is 11.6 Å². The van der Waals surface area contributed by atoms with E-state index in [-0.39, 0.29) is 17.0 Å². The number of benzene rings is 2. The lowest BCUT2D eigenvalue weighted by Gasteiger charge is -2.14. The zero-order valence-electron chi connectivity index (χ0n) is 14.6. The molecule has 28 heavy (non-hydrogen) atoms. The van der Waals surface area contributed by atoms with E-state index in [9.17, 15) is 9.18 Å². The van der Waals surface area contributed by atoms with Gasteiger partial charge in [0.05, 0.1) is 23.8 Å². The van der Waals surface area contributed by atoms with Crippen molar-refractivity contribution in [3.63, 3.8) is 0 Å². The minimum Gasteiger partial charge on any atom is -0.488 e. The summed E-state index contributed by atoms with van der Waals surface area (Å²) in [4.78, 5) is 20.1. The highest BCUT2D eigenvalue weighted by atomic mass is 35.5. The van der Waals surface area contributed by atoms with E-state index in [4.69, 9.17) is 26.8 Å². The van der Waals surface area contributed by atoms with E-state index in [1.165, 1.54) is 18.2 Å². The minimum absolute atomic E-state index is 0.0196. The minimum atomic E-state index is -0.766. The number of hydrogen-bond donors (Lipinski definition) is 2. The Labute approximate surface area is 164 Å². The molecule has 2 heterocycles. The van der Waals surface area contributed by atoms with Crippen molar-refractivity contribution in [3.05, 3.63) is 53.1 Å². The number of fused-ring (bicyclic) bond motifs is 1. The van der Waals surface area contributed by atoms with Gasteiger partial charge in [0, 0.05) is 23.6 Å². The fraction of sp³-hybridized carbons (Fsp3) is 0.211. The number of carbonyl (C=O) groups excluding carboxylic acids is 1. The van der Waals surface area contributed by atoms with Crippen molar-refractivity contribution in [2.45, 2.75) is 12.5 Å². The Morgan fingerprint density at radius 2 is 2.14 bits per heavy atom. The summed E-state index contributed by atoms with van der Waals surface area (Å²) in [6.45, 7) is 1.20. The highest BCUT2D eigenvalue weighted by Gasteiger charge is 2.18. The molecule has 3 aromatic rings. The van der Waals surface area contributed by atoms with Crippen LogP contribution in [-0.4, -0.2) is 35.2 Å². The average Bonchev–Trinajstić information content (AvgIpc) is 3.17. The summed E-state index contributed by atoms with van der Waals surface area (Å²) in [5.74, 6) is -0.498. The van der Waals surface area contributed by atoms with Crippen molar-refractivity contribution in [2.24, 2.45) is 5.73 Å². The van der Waals surface area contributed by atoms with E-state index < -0.39 is 11.7 Å². The zero-order valence-corrected chi connectivity index (χ0v) is 15.4. The quantitative estimate of drug-likeness (QED) is 0.678. The summed E-state index contributed by atoms with van der Waals surface area (Å²) in [6, 6.07) is 9.45. The van der Waals surface area contributed by atoms with Crippen LogP contribution in [0.5, 0.6) is 5.75 Å². The molecule has 0 radical (unpaired) electrons. The maximum atomic E-state index is 13.4. The number of primary amides is 1. The first kappa shape index (κ1) is 18.4. The van der Waals surface area contributed by atoms with Gasteiger partial charge in [0.2, 0.25) is 5.82 Å². The topological polar surface area (TPSA) is 99.4 Å². The molecule has 1 aliphatic heterocycles. The van der Waals surface area contributed by atoms with Crippen LogP contribution in [0, 0.1) is 5.82 Å². The first-order chi connectivity index (χ1) is 13.5. The molecule has 9 heteroatoms. The smallest absolute Gasteiger partial charge is 0.286 e. The number of amides is 1. The number of carbonyl (C=O) groups is 1. The van der Waals surface area contributed by atoms with E-state index in [1.807, 2.05) is 0 Å². The van der Waals surface area contributed by atoms with Gasteiger partial charge in [-0.15, -0.1) is 0 Å². The van der Waals surface area contributed by atoms with Crippen LogP contribution < -0.4 is 15.8 Å². The van der Waals surface area contributed by atoms with Gasteiger partial charge in [-0.05, 0) is 30.3 Å². The summed E-state index contributed by atoms with van der Waals surface area (Å²) in [5, 5.41) is 3.64. The third-order valence-corrected chi connectivity index (χ3v) is 4.55. The first-order valence-corrected chi connectivity index (χ1v) is 8.95. The van der Waals surface area contributed by atoms with E-state index >= 15 is 0 Å². The Balaban J connectivity index is 1.73. The number of rotatable bonds is 5. The standard InChI is InChI=1S/C19H16ClFN4O3/c20-14-7-10(1-4-15(14)21)23-18-13-3-2-11(28-12-5-6-27-9-12)8-16(13)24-19(25-18)17(22)26/h1-4,7-8,12H,5-6,9H2,(H2,22,26)(H,23,24,25)/t12-/m0/s1. The van der Waals surface area contributed by atoms with Crippen LogP contribution in [0.25, 0.3) is 10.9 Å². The molecule has 7 nitrogen and oxygen atoms in total. The number of aromatic nitrogens is 2. The van der Waals surface area contributed by atoms with Gasteiger partial charge in [-0.2, -0.15) is 0 Å². The van der Waals surface area contributed by atoms with E-state index in [1.54, 1.807) is 18.2 Å². The second kappa shape index (κ2) is 7.57. The fourth-order valence-electron chi connectivity index (χ4n) is 2.90. The third kappa shape index (κ3) is 3.83. The Morgan fingerprint density at radius 3 is 2.86 bits per heavy atom. The van der Waals surface area contributed by atoms with Crippen LogP contribution in [0.4, 0.5) is 15.9 Å². The Morgan fingerprint density at radius 1 is 1.29 bits per heavy atom. The monoisotopic (exact) mass is 402 g/mol. The molecule has 0 aliphatic carbocycles. The number of nitrogens with zero attached hydrogens (tertiary/aromatic N) is 2. The molecule has 0 spiro atoms. The van der Waals surface area contributed by atoms with Crippen molar-refractivity contribution in [1.82, 2.24) is 9.97 Å². The Hall–Kier alpha value is -2.97. The largest absolute Gasteiger partial charge is 0.488 e. The number of halogens is 2. The van der Waals surface area contributed by atoms with Crippen LogP contribution >= 0.6 is 11.6 Å². The molecule has 0 unspecified atom stereocenters. The molecular formula is C19H16ClFN4O3. The molecule has 144 valence electrons. The van der Waals surface area contributed by atoms with Crippen LogP contribution in [0.2, 0.25) is 5.02 Å². The van der Waals surface area contributed by atoms with Gasteiger partial charge in [-0.3, -0.25) is 4.79 Å². The van der Waals surface area contributed by atoms with Crippen LogP contribution in [-0.2, 0) is 4.74 Å². The lowest BCUT2D eigenvalue weighted by Crippen LogP contribution is -2.17. The van der Waals surface area contributed by atoms with Gasteiger partial charge < -0.3 is 20.5 Å². The SMILES string of the molecule is NC(=O)c1nc(Nc2ccc(F)c(Cl)c2)c2ccc(O[C@H]3CCOC3)cc2n1. The predicted molar refractivity (Wildman–Crippen MR) is 103 cm³/mol. The van der Waals surface area contributed by atoms with Crippen molar-refractivity contribution >= 4 is 39.9 Å². The third-order valence-electron chi connectivity index (χ3n) is 4.26. The van der Waals surface area contributed by atoms with Gasteiger partial charge in [0.1, 0.15) is 23.5 Å². The fourth-order valence-corrected chi connectivity index (χ4v) is 3.08. The Kier molecular flexibility index (Phi) is 4.97. The molecule has 1 fully saturated rings. The number of ether oxygens (including phenoxy) is 2. The molecule has 0 saturated carbocycles. The van der Waals surface area contributed by atoms with Crippen molar-refractivity contribution in [2.75, 3.05) is 18.5 Å². The van der Waals surface area contributed by atoms with Gasteiger partial charge in [0.15, 0.2) is 0 Å². The highest BCUT2D eigenvalue weighted by Crippen LogP contribution is 2.29. The molecule has 4 rings (SSSR count). The molecule has 0 bridgehead atoms. The summed E-state index contributed by atoms with van der Waals surface area (Å²) in [5.41, 5.74) is 6.36. The lowest BCUT2D eigenvalue weighted by atomic mass is 10.2. The Bertz CT molecular complexity index is 1060. The van der Waals surface area contributed by atoms with Crippen molar-refractivity contribution in [3.8, 4) is 5.75 Å². The second-order valence-corrected chi connectivity index (χ2v) is 6.70. The molecule has 1 aliphatic rings. The van der Waals surface area contributed by atoms with Gasteiger partial charge in [-0.25, -0.2) is 14.4 Å². The molecule has 1 saturated heterocycles. The molecule has 1 atom stereocenters. The summed E-state index contributed by atoms with van der Waals surface area (Å²) in [7, 11) is 0. The number of hydrogen-bond acceptors (Lipinski definition) is 6. The van der Waals surface area contributed by atoms with Crippen molar-refractivity contribution < 1.29 is 18.7 Å². The normalized spacial score (nSPS) is 16.3. The van der Waals surface area contributed by atoms with Crippen molar-refractivity contribution in [1.29, 1.82) is 0 Å². The second-order valence-electron chi connectivity index (χ2n) is 6.30. The molecule has 1 aromatic heterocycles. The predicted octanol–water partition coefficient (Wildman–Crippen LogP) is 3.43. The first-order valence-electron chi connectivity index (χ1n) is 8.57. The maximum Gasteiger partial charge on any atom is 0.286 e. The summed E-state index contributed by atoms with van der Waals surface area (Å²) < 4.78 is 24.6. The van der Waals surface area contributed by atoms with Crippen LogP contribution in [0.15, 0.2) is 36.4 Å². The highest BCUT2D eigenvalue weighted by molar-refractivity contribution is 6.31. The summed E-state index contributed by atoms with van der Waals surface area (Å²) in [6.07, 6.45) is 0.792. The van der Waals surface area contributed by atoms with E-state index in [2.05, 4.69) is 15.3 Å². The van der Waals surface area contributed by atoms with Crippen LogP contribution in [0.1, 0.15) is 17.0 Å². The number of anilines is 2. The zero-order chi connectivity index (χ0) is 19.7. The van der Waals surface area contributed by atoms with Crippen LogP contribution in [0.3, 0.4) is 0 Å². The summed E-state index contributed by atoms with van der Waals surface area (Å²) >= 11 is 5.83. The lowest BCUT2D eigenvalue weighted by molar-refractivity contribution is 0.0991. The number of nitrogens with two attached hydrogens (primary N) is 1. The number of nitrogens with one attached hydrogen (secondary N) is 1. The maximum absolute atomic E-state index is 13.4. The van der Waals surface area contributed by atoms with Gasteiger partial charge in [0.25, 0.3) is 5.91 Å². The van der Waals surface area contributed by atoms with E-state index in [0.717, 1.165) is 6.42 Å². The molecule has 3 N–H and O–H groups in total.